The van der Waals surface area contributed by atoms with Gasteiger partial charge in [0, 0.05) is 23.5 Å². The fourth-order valence-corrected chi connectivity index (χ4v) is 1.31. The molecule has 1 heterocycles. The third-order valence-corrected chi connectivity index (χ3v) is 1.94. The van der Waals surface area contributed by atoms with Crippen molar-refractivity contribution in [2.75, 3.05) is 5.73 Å². The first kappa shape index (κ1) is 9.58. The standard InChI is InChI=1S/C11H8F2N2/c12-8-3-7(4-9(13)5-8)11-6-10(14)1-2-15-11/h1-6H,(H2,14,15). The van der Waals surface area contributed by atoms with Crippen molar-refractivity contribution in [3.63, 3.8) is 0 Å². The van der Waals surface area contributed by atoms with Gasteiger partial charge in [0.1, 0.15) is 11.6 Å². The summed E-state index contributed by atoms with van der Waals surface area (Å²) in [5.74, 6) is -1.26. The van der Waals surface area contributed by atoms with Gasteiger partial charge in [0.2, 0.25) is 0 Å². The van der Waals surface area contributed by atoms with Crippen LogP contribution >= 0.6 is 0 Å². The van der Waals surface area contributed by atoms with E-state index >= 15 is 0 Å². The van der Waals surface area contributed by atoms with Crippen LogP contribution in [0.1, 0.15) is 0 Å². The maximum atomic E-state index is 12.9. The van der Waals surface area contributed by atoms with E-state index in [4.69, 9.17) is 5.73 Å². The summed E-state index contributed by atoms with van der Waals surface area (Å²) in [6.45, 7) is 0. The predicted octanol–water partition coefficient (Wildman–Crippen LogP) is 2.61. The van der Waals surface area contributed by atoms with E-state index in [-0.39, 0.29) is 0 Å². The Bertz CT molecular complexity index is 477. The van der Waals surface area contributed by atoms with E-state index in [1.54, 1.807) is 12.1 Å². The van der Waals surface area contributed by atoms with Crippen LogP contribution in [0.15, 0.2) is 36.5 Å². The van der Waals surface area contributed by atoms with E-state index in [2.05, 4.69) is 4.98 Å². The molecule has 0 radical (unpaired) electrons. The Balaban J connectivity index is 2.54. The predicted molar refractivity (Wildman–Crippen MR) is 54.0 cm³/mol. The van der Waals surface area contributed by atoms with Crippen LogP contribution in [0.5, 0.6) is 0 Å². The molecule has 76 valence electrons. The van der Waals surface area contributed by atoms with Crippen molar-refractivity contribution < 1.29 is 8.78 Å². The molecular weight excluding hydrogens is 198 g/mol. The number of nitrogens with two attached hydrogens (primary N) is 1. The first-order valence-corrected chi connectivity index (χ1v) is 4.33. The molecule has 0 aliphatic carbocycles. The van der Waals surface area contributed by atoms with Gasteiger partial charge >= 0.3 is 0 Å². The normalized spacial score (nSPS) is 10.3. The number of anilines is 1. The third kappa shape index (κ3) is 2.10. The number of benzene rings is 1. The number of rotatable bonds is 1. The zero-order valence-electron chi connectivity index (χ0n) is 7.74. The average Bonchev–Trinajstić information content (AvgIpc) is 2.16. The number of aromatic nitrogens is 1. The first-order chi connectivity index (χ1) is 7.15. The smallest absolute Gasteiger partial charge is 0.126 e. The van der Waals surface area contributed by atoms with Gasteiger partial charge in [0.05, 0.1) is 5.69 Å². The van der Waals surface area contributed by atoms with Crippen LogP contribution in [0.25, 0.3) is 11.3 Å². The molecule has 0 saturated carbocycles. The summed E-state index contributed by atoms with van der Waals surface area (Å²) in [6, 6.07) is 6.42. The van der Waals surface area contributed by atoms with Crippen molar-refractivity contribution in [2.45, 2.75) is 0 Å². The van der Waals surface area contributed by atoms with Crippen LogP contribution in [0, 0.1) is 11.6 Å². The topological polar surface area (TPSA) is 38.9 Å². The van der Waals surface area contributed by atoms with E-state index < -0.39 is 11.6 Å². The lowest BCUT2D eigenvalue weighted by molar-refractivity contribution is 0.584. The van der Waals surface area contributed by atoms with E-state index in [1.165, 1.54) is 18.3 Å². The van der Waals surface area contributed by atoms with Crippen molar-refractivity contribution in [1.82, 2.24) is 4.98 Å². The number of hydrogen-bond donors (Lipinski definition) is 1. The molecule has 0 fully saturated rings. The zero-order chi connectivity index (χ0) is 10.8. The molecule has 0 amide bonds. The van der Waals surface area contributed by atoms with Crippen LogP contribution in [-0.2, 0) is 0 Å². The van der Waals surface area contributed by atoms with Gasteiger partial charge in [-0.15, -0.1) is 0 Å². The molecule has 1 aromatic carbocycles. The Kier molecular flexibility index (Phi) is 2.33. The monoisotopic (exact) mass is 206 g/mol. The Labute approximate surface area is 85.4 Å². The Morgan fingerprint density at radius 3 is 2.27 bits per heavy atom. The number of halogens is 2. The molecule has 0 aliphatic heterocycles. The van der Waals surface area contributed by atoms with Crippen LogP contribution in [0.3, 0.4) is 0 Å². The summed E-state index contributed by atoms with van der Waals surface area (Å²) >= 11 is 0. The lowest BCUT2D eigenvalue weighted by Crippen LogP contribution is -1.90. The van der Waals surface area contributed by atoms with Crippen molar-refractivity contribution >= 4 is 5.69 Å². The van der Waals surface area contributed by atoms with Gasteiger partial charge in [0.15, 0.2) is 0 Å². The van der Waals surface area contributed by atoms with Gasteiger partial charge < -0.3 is 5.73 Å². The average molecular weight is 206 g/mol. The molecule has 0 spiro atoms. The molecule has 2 aromatic rings. The molecular formula is C11H8F2N2. The highest BCUT2D eigenvalue weighted by atomic mass is 19.1. The zero-order valence-corrected chi connectivity index (χ0v) is 7.74. The van der Waals surface area contributed by atoms with E-state index in [9.17, 15) is 8.78 Å². The molecule has 1 aromatic heterocycles. The van der Waals surface area contributed by atoms with Gasteiger partial charge in [-0.2, -0.15) is 0 Å². The fourth-order valence-electron chi connectivity index (χ4n) is 1.31. The molecule has 2 N–H and O–H groups in total. The lowest BCUT2D eigenvalue weighted by atomic mass is 10.1. The summed E-state index contributed by atoms with van der Waals surface area (Å²) in [5.41, 5.74) is 6.88. The molecule has 4 heteroatoms. The third-order valence-electron chi connectivity index (χ3n) is 1.94. The van der Waals surface area contributed by atoms with Gasteiger partial charge in [-0.25, -0.2) is 8.78 Å². The van der Waals surface area contributed by atoms with Gasteiger partial charge in [-0.05, 0) is 24.3 Å². The van der Waals surface area contributed by atoms with Crippen molar-refractivity contribution in [3.8, 4) is 11.3 Å². The van der Waals surface area contributed by atoms with Crippen LogP contribution in [0.2, 0.25) is 0 Å². The summed E-state index contributed by atoms with van der Waals surface area (Å²) in [7, 11) is 0. The number of nitrogen functional groups attached to an aromatic ring is 1. The summed E-state index contributed by atoms with van der Waals surface area (Å²) in [5, 5.41) is 0. The second-order valence-corrected chi connectivity index (χ2v) is 3.13. The minimum absolute atomic E-state index is 0.375. The Morgan fingerprint density at radius 1 is 1.00 bits per heavy atom. The summed E-state index contributed by atoms with van der Waals surface area (Å²) < 4.78 is 25.8. The largest absolute Gasteiger partial charge is 0.399 e. The second kappa shape index (κ2) is 3.65. The molecule has 0 unspecified atom stereocenters. The first-order valence-electron chi connectivity index (χ1n) is 4.33. The summed E-state index contributed by atoms with van der Waals surface area (Å²) in [6.07, 6.45) is 1.49. The molecule has 0 atom stereocenters. The van der Waals surface area contributed by atoms with Crippen LogP contribution < -0.4 is 5.73 Å². The van der Waals surface area contributed by atoms with Gasteiger partial charge in [0.25, 0.3) is 0 Å². The van der Waals surface area contributed by atoms with Crippen molar-refractivity contribution in [1.29, 1.82) is 0 Å². The molecule has 2 nitrogen and oxygen atoms in total. The van der Waals surface area contributed by atoms with Crippen LogP contribution in [0.4, 0.5) is 14.5 Å². The van der Waals surface area contributed by atoms with E-state index in [1.807, 2.05) is 0 Å². The number of hydrogen-bond acceptors (Lipinski definition) is 2. The minimum atomic E-state index is -0.630. The molecule has 0 aliphatic rings. The van der Waals surface area contributed by atoms with Gasteiger partial charge in [-0.1, -0.05) is 0 Å². The molecule has 2 rings (SSSR count). The number of pyridine rings is 1. The van der Waals surface area contributed by atoms with E-state index in [0.717, 1.165) is 6.07 Å². The highest BCUT2D eigenvalue weighted by Crippen LogP contribution is 2.20. The van der Waals surface area contributed by atoms with Gasteiger partial charge in [-0.3, -0.25) is 4.98 Å². The summed E-state index contributed by atoms with van der Waals surface area (Å²) in [4.78, 5) is 3.98. The molecule has 0 bridgehead atoms. The van der Waals surface area contributed by atoms with E-state index in [0.29, 0.717) is 16.9 Å². The Hall–Kier alpha value is -1.97. The SMILES string of the molecule is Nc1ccnc(-c2cc(F)cc(F)c2)c1. The van der Waals surface area contributed by atoms with Crippen molar-refractivity contribution in [2.24, 2.45) is 0 Å². The number of nitrogens with zero attached hydrogens (tertiary/aromatic N) is 1. The van der Waals surface area contributed by atoms with Crippen LogP contribution in [-0.4, -0.2) is 4.98 Å². The highest BCUT2D eigenvalue weighted by molar-refractivity contribution is 5.62. The minimum Gasteiger partial charge on any atom is -0.399 e. The van der Waals surface area contributed by atoms with Crippen molar-refractivity contribution in [3.05, 3.63) is 48.2 Å². The second-order valence-electron chi connectivity index (χ2n) is 3.13. The maximum Gasteiger partial charge on any atom is 0.126 e. The molecule has 0 saturated heterocycles. The maximum absolute atomic E-state index is 12.9. The molecule has 15 heavy (non-hydrogen) atoms. The lowest BCUT2D eigenvalue weighted by Gasteiger charge is -2.02. The Morgan fingerprint density at radius 2 is 1.67 bits per heavy atom. The quantitative estimate of drug-likeness (QED) is 0.778. The fraction of sp³-hybridized carbons (Fsp3) is 0. The highest BCUT2D eigenvalue weighted by Gasteiger charge is 2.04.